The third-order valence-corrected chi connectivity index (χ3v) is 7.73. The van der Waals surface area contributed by atoms with Crippen molar-refractivity contribution in [2.45, 2.75) is 43.9 Å². The molecule has 3 rings (SSSR count). The van der Waals surface area contributed by atoms with E-state index in [1.165, 1.54) is 18.5 Å². The summed E-state index contributed by atoms with van der Waals surface area (Å²) in [6, 6.07) is 9.80. The number of piperidine rings is 1. The normalized spacial score (nSPS) is 14.5. The number of carbonyl (C=O) groups excluding carboxylic acids is 2. The van der Waals surface area contributed by atoms with E-state index in [1.807, 2.05) is 0 Å². The van der Waals surface area contributed by atoms with Crippen LogP contribution in [0.5, 0.6) is 5.75 Å². The fourth-order valence-electron chi connectivity index (χ4n) is 3.93. The number of nitrogens with one attached hydrogen (secondary N) is 1. The first-order valence-corrected chi connectivity index (χ1v) is 12.4. The molecule has 1 fully saturated rings. The average Bonchev–Trinajstić information content (AvgIpc) is 2.83. The molecule has 0 aromatic heterocycles. The monoisotopic (exact) mass is 474 g/mol. The second kappa shape index (κ2) is 10.8. The number of nitrogens with zero attached hydrogens (tertiary/aromatic N) is 1. The summed E-state index contributed by atoms with van der Waals surface area (Å²) in [5.74, 6) is -0.198. The minimum absolute atomic E-state index is 0.117. The third-order valence-electron chi connectivity index (χ3n) is 5.84. The summed E-state index contributed by atoms with van der Waals surface area (Å²) < 4.78 is 37.8. The molecule has 1 N–H and O–H groups in total. The van der Waals surface area contributed by atoms with Crippen molar-refractivity contribution in [3.05, 3.63) is 53.1 Å². The standard InChI is InChI=1S/C24H30N2O6S/c1-17-20(24(28)32-3)8-7-9-21(17)25-23(27)13-10-18-16-19(11-12-22(18)31-2)33(29,30)26-14-5-4-6-15-26/h7-9,11-12,16H,4-6,10,13-15H2,1-3H3,(H,25,27). The maximum Gasteiger partial charge on any atom is 0.338 e. The quantitative estimate of drug-likeness (QED) is 0.587. The van der Waals surface area contributed by atoms with Crippen LogP contribution in [-0.4, -0.2) is 51.9 Å². The number of anilines is 1. The topological polar surface area (TPSA) is 102 Å². The first-order chi connectivity index (χ1) is 15.8. The third kappa shape index (κ3) is 5.72. The van der Waals surface area contributed by atoms with Crippen LogP contribution in [0.15, 0.2) is 41.3 Å². The van der Waals surface area contributed by atoms with Crippen LogP contribution in [0.25, 0.3) is 0 Å². The first-order valence-electron chi connectivity index (χ1n) is 10.9. The molecule has 8 nitrogen and oxygen atoms in total. The first kappa shape index (κ1) is 24.7. The van der Waals surface area contributed by atoms with Crippen molar-refractivity contribution in [3.8, 4) is 5.75 Å². The van der Waals surface area contributed by atoms with E-state index in [0.717, 1.165) is 19.3 Å². The Morgan fingerprint density at radius 1 is 1.06 bits per heavy atom. The molecule has 0 bridgehead atoms. The van der Waals surface area contributed by atoms with E-state index in [2.05, 4.69) is 5.32 Å². The highest BCUT2D eigenvalue weighted by atomic mass is 32.2. The van der Waals surface area contributed by atoms with Gasteiger partial charge in [0.15, 0.2) is 0 Å². The molecule has 178 valence electrons. The molecular formula is C24H30N2O6S. The van der Waals surface area contributed by atoms with E-state index in [9.17, 15) is 18.0 Å². The van der Waals surface area contributed by atoms with E-state index >= 15 is 0 Å². The Morgan fingerprint density at radius 3 is 2.45 bits per heavy atom. The predicted octanol–water partition coefficient (Wildman–Crippen LogP) is 3.54. The lowest BCUT2D eigenvalue weighted by atomic mass is 10.1. The van der Waals surface area contributed by atoms with Crippen molar-refractivity contribution in [2.75, 3.05) is 32.6 Å². The lowest BCUT2D eigenvalue weighted by Gasteiger charge is -2.26. The van der Waals surface area contributed by atoms with Crippen molar-refractivity contribution < 1.29 is 27.5 Å². The molecule has 0 saturated carbocycles. The van der Waals surface area contributed by atoms with Gasteiger partial charge in [0.25, 0.3) is 0 Å². The molecule has 0 spiro atoms. The van der Waals surface area contributed by atoms with Crippen LogP contribution in [0.4, 0.5) is 5.69 Å². The van der Waals surface area contributed by atoms with Crippen LogP contribution in [0, 0.1) is 6.92 Å². The van der Waals surface area contributed by atoms with Gasteiger partial charge in [0, 0.05) is 25.2 Å². The SMILES string of the molecule is COC(=O)c1cccc(NC(=O)CCc2cc(S(=O)(=O)N3CCCCC3)ccc2OC)c1C. The number of rotatable bonds is 8. The summed E-state index contributed by atoms with van der Waals surface area (Å²) in [6.45, 7) is 2.78. The Bertz CT molecular complexity index is 1120. The number of sulfonamides is 1. The van der Waals surface area contributed by atoms with Gasteiger partial charge in [-0.2, -0.15) is 4.31 Å². The van der Waals surface area contributed by atoms with Gasteiger partial charge in [-0.1, -0.05) is 12.5 Å². The molecule has 1 aliphatic heterocycles. The van der Waals surface area contributed by atoms with Crippen molar-refractivity contribution in [1.29, 1.82) is 0 Å². The van der Waals surface area contributed by atoms with Crippen LogP contribution in [0.2, 0.25) is 0 Å². The largest absolute Gasteiger partial charge is 0.496 e. The number of hydrogen-bond acceptors (Lipinski definition) is 6. The zero-order valence-electron chi connectivity index (χ0n) is 19.2. The van der Waals surface area contributed by atoms with E-state index in [1.54, 1.807) is 43.3 Å². The van der Waals surface area contributed by atoms with Gasteiger partial charge >= 0.3 is 5.97 Å². The number of aryl methyl sites for hydroxylation is 1. The summed E-state index contributed by atoms with van der Waals surface area (Å²) in [5.41, 5.74) is 2.17. The van der Waals surface area contributed by atoms with Gasteiger partial charge in [-0.3, -0.25) is 4.79 Å². The van der Waals surface area contributed by atoms with Crippen LogP contribution >= 0.6 is 0 Å². The van der Waals surface area contributed by atoms with E-state index in [-0.39, 0.29) is 17.2 Å². The summed E-state index contributed by atoms with van der Waals surface area (Å²) >= 11 is 0. The molecule has 2 aromatic carbocycles. The average molecular weight is 475 g/mol. The number of amides is 1. The fourth-order valence-corrected chi connectivity index (χ4v) is 5.50. The molecule has 1 saturated heterocycles. The van der Waals surface area contributed by atoms with Crippen LogP contribution in [0.3, 0.4) is 0 Å². The van der Waals surface area contributed by atoms with E-state index < -0.39 is 16.0 Å². The number of benzene rings is 2. The second-order valence-electron chi connectivity index (χ2n) is 7.96. The zero-order valence-corrected chi connectivity index (χ0v) is 20.0. The number of ether oxygens (including phenoxy) is 2. The predicted molar refractivity (Wildman–Crippen MR) is 125 cm³/mol. The van der Waals surface area contributed by atoms with Crippen molar-refractivity contribution in [3.63, 3.8) is 0 Å². The molecule has 0 aliphatic carbocycles. The number of esters is 1. The van der Waals surface area contributed by atoms with Crippen LogP contribution < -0.4 is 10.1 Å². The van der Waals surface area contributed by atoms with Gasteiger partial charge in [0.2, 0.25) is 15.9 Å². The number of methoxy groups -OCH3 is 2. The maximum absolute atomic E-state index is 13.0. The lowest BCUT2D eigenvalue weighted by Crippen LogP contribution is -2.35. The van der Waals surface area contributed by atoms with Crippen molar-refractivity contribution >= 4 is 27.6 Å². The molecule has 0 atom stereocenters. The molecule has 0 unspecified atom stereocenters. The fraction of sp³-hybridized carbons (Fsp3) is 0.417. The van der Waals surface area contributed by atoms with Crippen molar-refractivity contribution in [2.24, 2.45) is 0 Å². The van der Waals surface area contributed by atoms with Gasteiger partial charge in [-0.25, -0.2) is 13.2 Å². The van der Waals surface area contributed by atoms with Gasteiger partial charge in [-0.15, -0.1) is 0 Å². The molecule has 9 heteroatoms. The Balaban J connectivity index is 1.74. The van der Waals surface area contributed by atoms with Gasteiger partial charge in [-0.05, 0) is 67.6 Å². The summed E-state index contributed by atoms with van der Waals surface area (Å²) in [7, 11) is -0.765. The molecule has 1 heterocycles. The maximum atomic E-state index is 13.0. The highest BCUT2D eigenvalue weighted by Crippen LogP contribution is 2.27. The smallest absolute Gasteiger partial charge is 0.338 e. The van der Waals surface area contributed by atoms with E-state index in [0.29, 0.717) is 47.6 Å². The summed E-state index contributed by atoms with van der Waals surface area (Å²) in [6.07, 6.45) is 3.18. The Hall–Kier alpha value is -2.91. The van der Waals surface area contributed by atoms with E-state index in [4.69, 9.17) is 9.47 Å². The second-order valence-corrected chi connectivity index (χ2v) is 9.89. The summed E-state index contributed by atoms with van der Waals surface area (Å²) in [5, 5.41) is 2.82. The highest BCUT2D eigenvalue weighted by molar-refractivity contribution is 7.89. The Labute approximate surface area is 194 Å². The summed E-state index contributed by atoms with van der Waals surface area (Å²) in [4.78, 5) is 24.7. The molecule has 0 radical (unpaired) electrons. The molecule has 2 aromatic rings. The molecule has 1 amide bonds. The minimum atomic E-state index is -3.58. The molecule has 1 aliphatic rings. The van der Waals surface area contributed by atoms with Gasteiger partial charge in [0.1, 0.15) is 5.75 Å². The number of carbonyl (C=O) groups is 2. The minimum Gasteiger partial charge on any atom is -0.496 e. The van der Waals surface area contributed by atoms with Crippen molar-refractivity contribution in [1.82, 2.24) is 4.31 Å². The number of hydrogen-bond donors (Lipinski definition) is 1. The Morgan fingerprint density at radius 2 is 1.79 bits per heavy atom. The zero-order chi connectivity index (χ0) is 24.0. The molecule has 33 heavy (non-hydrogen) atoms. The van der Waals surface area contributed by atoms with Crippen LogP contribution in [0.1, 0.15) is 47.2 Å². The lowest BCUT2D eigenvalue weighted by molar-refractivity contribution is -0.116. The Kier molecular flexibility index (Phi) is 8.10. The van der Waals surface area contributed by atoms with Gasteiger partial charge in [0.05, 0.1) is 24.7 Å². The highest BCUT2D eigenvalue weighted by Gasteiger charge is 2.26. The van der Waals surface area contributed by atoms with Crippen LogP contribution in [-0.2, 0) is 26.0 Å². The van der Waals surface area contributed by atoms with Gasteiger partial charge < -0.3 is 14.8 Å². The molecular weight excluding hydrogens is 444 g/mol.